The van der Waals surface area contributed by atoms with Crippen molar-refractivity contribution in [3.63, 3.8) is 0 Å². The van der Waals surface area contributed by atoms with E-state index in [2.05, 4.69) is 0 Å². The lowest BCUT2D eigenvalue weighted by atomic mass is 10.1. The summed E-state index contributed by atoms with van der Waals surface area (Å²) >= 11 is 2.41. The molecule has 0 aliphatic rings. The van der Waals surface area contributed by atoms with Crippen LogP contribution in [0.4, 0.5) is 0 Å². The van der Waals surface area contributed by atoms with Gasteiger partial charge in [0.2, 0.25) is 0 Å². The molecule has 0 aliphatic heterocycles. The molecule has 0 saturated heterocycles. The highest BCUT2D eigenvalue weighted by Gasteiger charge is 2.24. The Morgan fingerprint density at radius 1 is 0.833 bits per heavy atom. The van der Waals surface area contributed by atoms with Crippen LogP contribution in [0.3, 0.4) is 0 Å². The molecule has 0 unspecified atom stereocenters. The van der Waals surface area contributed by atoms with Gasteiger partial charge in [-0.25, -0.2) is 9.59 Å². The molecule has 0 aliphatic carbocycles. The monoisotopic (exact) mass is 280 g/mol. The largest absolute Gasteiger partial charge is 0.478 e. The van der Waals surface area contributed by atoms with E-state index in [1.165, 1.54) is 22.7 Å². The molecule has 6 heteroatoms. The highest BCUT2D eigenvalue weighted by Crippen LogP contribution is 2.31. The van der Waals surface area contributed by atoms with Crippen LogP contribution in [0, 0.1) is 0 Å². The molecule has 2 aromatic rings. The summed E-state index contributed by atoms with van der Waals surface area (Å²) in [4.78, 5) is 23.5. The molecule has 0 radical (unpaired) electrons. The van der Waals surface area contributed by atoms with Gasteiger partial charge in [0.05, 0.1) is 11.1 Å². The maximum atomic E-state index is 11.3. The van der Waals surface area contributed by atoms with Crippen LogP contribution in [-0.4, -0.2) is 22.2 Å². The third-order valence-corrected chi connectivity index (χ3v) is 3.99. The maximum Gasteiger partial charge on any atom is 0.338 e. The molecule has 0 bridgehead atoms. The summed E-state index contributed by atoms with van der Waals surface area (Å²) < 4.78 is 0. The first kappa shape index (κ1) is 12.5. The Kier molecular flexibility index (Phi) is 3.59. The molecule has 0 atom stereocenters. The van der Waals surface area contributed by atoms with Crippen molar-refractivity contribution >= 4 is 45.8 Å². The van der Waals surface area contributed by atoms with Crippen molar-refractivity contribution in [2.45, 2.75) is 0 Å². The van der Waals surface area contributed by atoms with Gasteiger partial charge < -0.3 is 10.2 Å². The van der Waals surface area contributed by atoms with Gasteiger partial charge in [-0.05, 0) is 22.9 Å². The molecule has 2 rings (SSSR count). The van der Waals surface area contributed by atoms with Crippen molar-refractivity contribution in [2.24, 2.45) is 0 Å². The summed E-state index contributed by atoms with van der Waals surface area (Å²) in [6.45, 7) is 0. The molecule has 0 amide bonds. The topological polar surface area (TPSA) is 74.6 Å². The standard InChI is InChI=1S/C12H8O4S2/c13-11(14)9(7-3-1-5-17-7)10(12(15)16)8-4-2-6-18-8/h1-6H,(H,13,14)(H,15,16)/b10-9+. The van der Waals surface area contributed by atoms with Crippen LogP contribution in [0.1, 0.15) is 9.75 Å². The van der Waals surface area contributed by atoms with Crippen molar-refractivity contribution in [2.75, 3.05) is 0 Å². The van der Waals surface area contributed by atoms with Crippen molar-refractivity contribution in [3.05, 3.63) is 44.8 Å². The molecule has 2 N–H and O–H groups in total. The third-order valence-electron chi connectivity index (χ3n) is 2.21. The molecule has 2 aromatic heterocycles. The van der Waals surface area contributed by atoms with E-state index >= 15 is 0 Å². The first-order valence-corrected chi connectivity index (χ1v) is 6.66. The second-order valence-corrected chi connectivity index (χ2v) is 5.21. The highest BCUT2D eigenvalue weighted by atomic mass is 32.1. The van der Waals surface area contributed by atoms with E-state index in [-0.39, 0.29) is 11.1 Å². The number of hydrogen-bond donors (Lipinski definition) is 2. The van der Waals surface area contributed by atoms with E-state index in [1.54, 1.807) is 35.0 Å². The predicted molar refractivity (Wildman–Crippen MR) is 70.7 cm³/mol. The second kappa shape index (κ2) is 5.16. The number of carbonyl (C=O) groups is 2. The van der Waals surface area contributed by atoms with Gasteiger partial charge in [0.25, 0.3) is 0 Å². The summed E-state index contributed by atoms with van der Waals surface area (Å²) in [6, 6.07) is 6.59. The molecule has 18 heavy (non-hydrogen) atoms. The fourth-order valence-corrected chi connectivity index (χ4v) is 3.05. The molecular formula is C12H8O4S2. The Balaban J connectivity index is 2.71. The lowest BCUT2D eigenvalue weighted by Crippen LogP contribution is -2.08. The summed E-state index contributed by atoms with van der Waals surface area (Å²) in [6.07, 6.45) is 0. The maximum absolute atomic E-state index is 11.3. The van der Waals surface area contributed by atoms with Crippen LogP contribution in [0.2, 0.25) is 0 Å². The average Bonchev–Trinajstić information content (AvgIpc) is 2.97. The minimum Gasteiger partial charge on any atom is -0.478 e. The fraction of sp³-hybridized carbons (Fsp3) is 0. The summed E-state index contributed by atoms with van der Waals surface area (Å²) in [5.74, 6) is -2.47. The van der Waals surface area contributed by atoms with Gasteiger partial charge in [0.15, 0.2) is 0 Å². The van der Waals surface area contributed by atoms with E-state index in [4.69, 9.17) is 0 Å². The van der Waals surface area contributed by atoms with Crippen LogP contribution in [0.5, 0.6) is 0 Å². The lowest BCUT2D eigenvalue weighted by molar-refractivity contribution is -0.132. The van der Waals surface area contributed by atoms with Gasteiger partial charge in [0.1, 0.15) is 0 Å². The molecule has 4 nitrogen and oxygen atoms in total. The first-order chi connectivity index (χ1) is 8.61. The van der Waals surface area contributed by atoms with Gasteiger partial charge in [-0.1, -0.05) is 12.1 Å². The average molecular weight is 280 g/mol. The lowest BCUT2D eigenvalue weighted by Gasteiger charge is -2.05. The van der Waals surface area contributed by atoms with Crippen molar-refractivity contribution in [1.29, 1.82) is 0 Å². The molecule has 0 aromatic carbocycles. The van der Waals surface area contributed by atoms with Gasteiger partial charge in [-0.2, -0.15) is 0 Å². The number of thiophene rings is 2. The number of rotatable bonds is 4. The first-order valence-electron chi connectivity index (χ1n) is 4.90. The van der Waals surface area contributed by atoms with Crippen LogP contribution in [0.15, 0.2) is 35.0 Å². The predicted octanol–water partition coefficient (Wildman–Crippen LogP) is 2.89. The summed E-state index contributed by atoms with van der Waals surface area (Å²) in [5, 5.41) is 21.9. The number of hydrogen-bond acceptors (Lipinski definition) is 4. The minimum atomic E-state index is -1.23. The van der Waals surface area contributed by atoms with E-state index in [0.717, 1.165) is 0 Å². The van der Waals surface area contributed by atoms with E-state index in [0.29, 0.717) is 9.75 Å². The summed E-state index contributed by atoms with van der Waals surface area (Å²) in [7, 11) is 0. The smallest absolute Gasteiger partial charge is 0.338 e. The zero-order chi connectivity index (χ0) is 13.1. The van der Waals surface area contributed by atoms with Crippen molar-refractivity contribution in [1.82, 2.24) is 0 Å². The van der Waals surface area contributed by atoms with Crippen LogP contribution < -0.4 is 0 Å². The number of aliphatic carboxylic acids is 2. The molecule has 0 saturated carbocycles. The molecule has 0 spiro atoms. The Morgan fingerprint density at radius 3 is 1.44 bits per heavy atom. The second-order valence-electron chi connectivity index (χ2n) is 3.31. The van der Waals surface area contributed by atoms with E-state index in [9.17, 15) is 19.8 Å². The van der Waals surface area contributed by atoms with E-state index < -0.39 is 11.9 Å². The van der Waals surface area contributed by atoms with Crippen LogP contribution >= 0.6 is 22.7 Å². The molecule has 92 valence electrons. The highest BCUT2D eigenvalue weighted by molar-refractivity contribution is 7.13. The SMILES string of the molecule is O=C(O)/C(=C(/C(=O)O)c1cccs1)c1cccs1. The normalized spacial score (nSPS) is 12.0. The fourth-order valence-electron chi connectivity index (χ4n) is 1.51. The van der Waals surface area contributed by atoms with Crippen molar-refractivity contribution in [3.8, 4) is 0 Å². The van der Waals surface area contributed by atoms with Crippen LogP contribution in [0.25, 0.3) is 11.1 Å². The van der Waals surface area contributed by atoms with Crippen molar-refractivity contribution < 1.29 is 19.8 Å². The van der Waals surface area contributed by atoms with Gasteiger partial charge >= 0.3 is 11.9 Å². The Morgan fingerprint density at radius 2 is 1.22 bits per heavy atom. The van der Waals surface area contributed by atoms with Gasteiger partial charge in [-0.3, -0.25) is 0 Å². The number of carboxylic acids is 2. The third kappa shape index (κ3) is 2.34. The van der Waals surface area contributed by atoms with E-state index in [1.807, 2.05) is 0 Å². The Labute approximate surface area is 110 Å². The minimum absolute atomic E-state index is 0.167. The Hall–Kier alpha value is -1.92. The molecule has 2 heterocycles. The zero-order valence-corrected chi connectivity index (χ0v) is 10.6. The summed E-state index contributed by atoms with van der Waals surface area (Å²) in [5.41, 5.74) is -0.333. The quantitative estimate of drug-likeness (QED) is 0.844. The zero-order valence-electron chi connectivity index (χ0n) is 8.99. The van der Waals surface area contributed by atoms with Crippen LogP contribution in [-0.2, 0) is 9.59 Å². The molecule has 0 fully saturated rings. The van der Waals surface area contributed by atoms with Gasteiger partial charge in [0, 0.05) is 9.75 Å². The molecular weight excluding hydrogens is 272 g/mol. The number of carboxylic acid groups (broad SMARTS) is 2. The van der Waals surface area contributed by atoms with Gasteiger partial charge in [-0.15, -0.1) is 22.7 Å². The Bertz CT molecular complexity index is 540.